The number of benzene rings is 1. The fourth-order valence-corrected chi connectivity index (χ4v) is 2.55. The van der Waals surface area contributed by atoms with Crippen molar-refractivity contribution < 1.29 is 9.13 Å². The molecule has 0 atom stereocenters. The third-order valence-corrected chi connectivity index (χ3v) is 3.67. The summed E-state index contributed by atoms with van der Waals surface area (Å²) in [6.45, 7) is 4.92. The molecule has 2 N–H and O–H groups in total. The summed E-state index contributed by atoms with van der Waals surface area (Å²) in [5.41, 5.74) is 3.82. The van der Waals surface area contributed by atoms with E-state index < -0.39 is 0 Å². The molecule has 2 heterocycles. The molecule has 130 valence electrons. The normalized spacial score (nSPS) is 11.0. The van der Waals surface area contributed by atoms with Gasteiger partial charge in [0, 0.05) is 36.6 Å². The molecule has 0 radical (unpaired) electrons. The van der Waals surface area contributed by atoms with Gasteiger partial charge in [-0.3, -0.25) is 10.1 Å². The molecule has 0 spiro atoms. The first kappa shape index (κ1) is 17.1. The molecule has 0 saturated heterocycles. The van der Waals surface area contributed by atoms with Crippen molar-refractivity contribution in [2.45, 2.75) is 33.0 Å². The number of hydrogen-bond acceptors (Lipinski definition) is 4. The Morgan fingerprint density at radius 1 is 1.20 bits per heavy atom. The van der Waals surface area contributed by atoms with Crippen molar-refractivity contribution in [1.82, 2.24) is 20.5 Å². The highest BCUT2D eigenvalue weighted by molar-refractivity contribution is 5.61. The summed E-state index contributed by atoms with van der Waals surface area (Å²) in [5, 5.41) is 10.4. The Morgan fingerprint density at radius 2 is 2.08 bits per heavy atom. The van der Waals surface area contributed by atoms with Crippen LogP contribution >= 0.6 is 0 Å². The predicted octanol–water partition coefficient (Wildman–Crippen LogP) is 3.69. The van der Waals surface area contributed by atoms with E-state index in [-0.39, 0.29) is 17.7 Å². The second-order valence-corrected chi connectivity index (χ2v) is 6.05. The second-order valence-electron chi connectivity index (χ2n) is 6.05. The summed E-state index contributed by atoms with van der Waals surface area (Å²) in [5.74, 6) is -0.0557. The number of nitrogens with one attached hydrogen (secondary N) is 2. The van der Waals surface area contributed by atoms with Gasteiger partial charge in [0.05, 0.1) is 18.0 Å². The monoisotopic (exact) mass is 340 g/mol. The fraction of sp³-hybridized carbons (Fsp3) is 0.263. The van der Waals surface area contributed by atoms with Crippen LogP contribution in [0.25, 0.3) is 11.3 Å². The number of aromatic amines is 1. The molecule has 3 aromatic rings. The van der Waals surface area contributed by atoms with Crippen molar-refractivity contribution in [3.05, 3.63) is 65.9 Å². The van der Waals surface area contributed by atoms with Gasteiger partial charge in [0.1, 0.15) is 0 Å². The summed E-state index contributed by atoms with van der Waals surface area (Å²) in [7, 11) is 0. The van der Waals surface area contributed by atoms with Gasteiger partial charge in [0.15, 0.2) is 11.6 Å². The lowest BCUT2D eigenvalue weighted by atomic mass is 10.1. The molecule has 3 rings (SSSR count). The molecule has 0 aliphatic rings. The van der Waals surface area contributed by atoms with Gasteiger partial charge >= 0.3 is 0 Å². The van der Waals surface area contributed by atoms with Crippen LogP contribution in [-0.2, 0) is 13.1 Å². The second kappa shape index (κ2) is 7.90. The number of rotatable bonds is 7. The van der Waals surface area contributed by atoms with Gasteiger partial charge in [-0.2, -0.15) is 5.10 Å². The van der Waals surface area contributed by atoms with Crippen LogP contribution in [0.3, 0.4) is 0 Å². The molecule has 1 aromatic carbocycles. The van der Waals surface area contributed by atoms with E-state index in [0.29, 0.717) is 13.1 Å². The van der Waals surface area contributed by atoms with Crippen LogP contribution in [0.15, 0.2) is 48.9 Å². The van der Waals surface area contributed by atoms with Gasteiger partial charge in [0.25, 0.3) is 0 Å². The number of aromatic nitrogens is 3. The molecule has 0 aliphatic carbocycles. The Bertz CT molecular complexity index is 817. The largest absolute Gasteiger partial charge is 0.488 e. The minimum Gasteiger partial charge on any atom is -0.488 e. The highest BCUT2D eigenvalue weighted by Gasteiger charge is 2.09. The Morgan fingerprint density at radius 3 is 2.80 bits per heavy atom. The van der Waals surface area contributed by atoms with Crippen molar-refractivity contribution >= 4 is 0 Å². The molecular weight excluding hydrogens is 319 g/mol. The number of ether oxygens (including phenoxy) is 1. The zero-order valence-electron chi connectivity index (χ0n) is 14.3. The first-order valence-corrected chi connectivity index (χ1v) is 8.22. The number of hydrogen-bond donors (Lipinski definition) is 2. The van der Waals surface area contributed by atoms with E-state index in [4.69, 9.17) is 4.74 Å². The average molecular weight is 340 g/mol. The number of H-pyrrole nitrogens is 1. The Kier molecular flexibility index (Phi) is 5.40. The van der Waals surface area contributed by atoms with Gasteiger partial charge in [-0.15, -0.1) is 0 Å². The van der Waals surface area contributed by atoms with E-state index >= 15 is 0 Å². The van der Waals surface area contributed by atoms with Crippen LogP contribution in [0.4, 0.5) is 4.39 Å². The van der Waals surface area contributed by atoms with E-state index in [9.17, 15) is 4.39 Å². The predicted molar refractivity (Wildman–Crippen MR) is 94.5 cm³/mol. The summed E-state index contributed by atoms with van der Waals surface area (Å²) in [6.07, 6.45) is 5.26. The molecule has 0 amide bonds. The number of halogens is 1. The Labute approximate surface area is 146 Å². The zero-order chi connectivity index (χ0) is 17.6. The maximum Gasteiger partial charge on any atom is 0.165 e. The van der Waals surface area contributed by atoms with E-state index in [1.165, 1.54) is 6.07 Å². The van der Waals surface area contributed by atoms with Crippen molar-refractivity contribution in [2.75, 3.05) is 0 Å². The smallest absolute Gasteiger partial charge is 0.165 e. The molecule has 2 aromatic heterocycles. The molecule has 0 fully saturated rings. The number of pyridine rings is 1. The summed E-state index contributed by atoms with van der Waals surface area (Å²) in [4.78, 5) is 4.13. The standard InChI is InChI=1S/C19H21FN4O/c1-13(2)25-18-6-5-14(8-17(18)20)9-22-11-16-12-23-24-19(16)15-4-3-7-21-10-15/h3-8,10,12-13,22H,9,11H2,1-2H3,(H,23,24). The first-order valence-electron chi connectivity index (χ1n) is 8.22. The molecule has 0 aliphatic heterocycles. The van der Waals surface area contributed by atoms with E-state index in [1.807, 2.05) is 32.0 Å². The van der Waals surface area contributed by atoms with Gasteiger partial charge in [-0.05, 0) is 43.7 Å². The zero-order valence-corrected chi connectivity index (χ0v) is 14.3. The van der Waals surface area contributed by atoms with Gasteiger partial charge < -0.3 is 10.1 Å². The summed E-state index contributed by atoms with van der Waals surface area (Å²) < 4.78 is 19.4. The van der Waals surface area contributed by atoms with E-state index in [2.05, 4.69) is 20.5 Å². The topological polar surface area (TPSA) is 62.8 Å². The van der Waals surface area contributed by atoms with Crippen molar-refractivity contribution in [1.29, 1.82) is 0 Å². The molecule has 25 heavy (non-hydrogen) atoms. The van der Waals surface area contributed by atoms with Crippen molar-refractivity contribution in [2.24, 2.45) is 0 Å². The molecule has 0 saturated carbocycles. The maximum atomic E-state index is 14.0. The lowest BCUT2D eigenvalue weighted by Gasteiger charge is -2.12. The maximum absolute atomic E-state index is 14.0. The van der Waals surface area contributed by atoms with Crippen LogP contribution in [0, 0.1) is 5.82 Å². The molecule has 0 bridgehead atoms. The lowest BCUT2D eigenvalue weighted by Crippen LogP contribution is -2.13. The summed E-state index contributed by atoms with van der Waals surface area (Å²) in [6, 6.07) is 8.91. The highest BCUT2D eigenvalue weighted by atomic mass is 19.1. The van der Waals surface area contributed by atoms with Crippen LogP contribution in [0.2, 0.25) is 0 Å². The average Bonchev–Trinajstić information content (AvgIpc) is 3.06. The highest BCUT2D eigenvalue weighted by Crippen LogP contribution is 2.21. The molecular formula is C19H21FN4O. The van der Waals surface area contributed by atoms with Gasteiger partial charge in [-0.1, -0.05) is 6.07 Å². The minimum absolute atomic E-state index is 0.0505. The van der Waals surface area contributed by atoms with Gasteiger partial charge in [0.2, 0.25) is 0 Å². The van der Waals surface area contributed by atoms with Crippen LogP contribution in [0.1, 0.15) is 25.0 Å². The lowest BCUT2D eigenvalue weighted by molar-refractivity contribution is 0.231. The quantitative estimate of drug-likeness (QED) is 0.688. The molecule has 0 unspecified atom stereocenters. The third kappa shape index (κ3) is 4.42. The van der Waals surface area contributed by atoms with Crippen molar-refractivity contribution in [3.63, 3.8) is 0 Å². The van der Waals surface area contributed by atoms with E-state index in [1.54, 1.807) is 24.7 Å². The van der Waals surface area contributed by atoms with E-state index in [0.717, 1.165) is 22.4 Å². The van der Waals surface area contributed by atoms with Crippen LogP contribution < -0.4 is 10.1 Å². The SMILES string of the molecule is CC(C)Oc1ccc(CNCc2cn[nH]c2-c2cccnc2)cc1F. The van der Waals surface area contributed by atoms with Crippen molar-refractivity contribution in [3.8, 4) is 17.0 Å². The fourth-order valence-electron chi connectivity index (χ4n) is 2.55. The Balaban J connectivity index is 1.61. The molecule has 5 nitrogen and oxygen atoms in total. The van der Waals surface area contributed by atoms with Crippen LogP contribution in [-0.4, -0.2) is 21.3 Å². The third-order valence-electron chi connectivity index (χ3n) is 3.67. The van der Waals surface area contributed by atoms with Gasteiger partial charge in [-0.25, -0.2) is 4.39 Å². The molecule has 6 heteroatoms. The van der Waals surface area contributed by atoms with Crippen LogP contribution in [0.5, 0.6) is 5.75 Å². The first-order chi connectivity index (χ1) is 12.1. The Hall–Kier alpha value is -2.73. The minimum atomic E-state index is -0.340. The number of nitrogens with zero attached hydrogens (tertiary/aromatic N) is 2. The summed E-state index contributed by atoms with van der Waals surface area (Å²) >= 11 is 0.